The van der Waals surface area contributed by atoms with Crippen LogP contribution in [0, 0.1) is 0 Å². The molecule has 21 heavy (non-hydrogen) atoms. The fourth-order valence-corrected chi connectivity index (χ4v) is 2.93. The van der Waals surface area contributed by atoms with Crippen molar-refractivity contribution in [3.05, 3.63) is 70.5 Å². The van der Waals surface area contributed by atoms with Gasteiger partial charge >= 0.3 is 0 Å². The topological polar surface area (TPSA) is 12.5 Å². The minimum absolute atomic E-state index is 0.685. The molecule has 2 aliphatic rings. The van der Waals surface area contributed by atoms with Gasteiger partial charge in [-0.15, -0.1) is 0 Å². The van der Waals surface area contributed by atoms with Crippen LogP contribution in [-0.4, -0.2) is 25.5 Å². The summed E-state index contributed by atoms with van der Waals surface area (Å²) in [6, 6.07) is 8.62. The highest BCUT2D eigenvalue weighted by Gasteiger charge is 2.20. The van der Waals surface area contributed by atoms with Crippen molar-refractivity contribution in [2.45, 2.75) is 25.9 Å². The van der Waals surface area contributed by atoms with Crippen LogP contribution in [0.2, 0.25) is 0 Å². The third-order valence-corrected chi connectivity index (χ3v) is 4.13. The van der Waals surface area contributed by atoms with Crippen LogP contribution in [0.15, 0.2) is 59.4 Å². The van der Waals surface area contributed by atoms with E-state index in [0.29, 0.717) is 6.61 Å². The van der Waals surface area contributed by atoms with Gasteiger partial charge in [-0.3, -0.25) is 0 Å². The molecule has 3 rings (SSSR count). The van der Waals surface area contributed by atoms with E-state index in [9.17, 15) is 0 Å². The van der Waals surface area contributed by atoms with Crippen LogP contribution in [-0.2, 0) is 17.8 Å². The van der Waals surface area contributed by atoms with Gasteiger partial charge in [-0.1, -0.05) is 36.4 Å². The molecular formula is C19H23NO. The zero-order valence-corrected chi connectivity index (χ0v) is 12.9. The molecule has 0 aromatic heterocycles. The van der Waals surface area contributed by atoms with Crippen molar-refractivity contribution in [1.29, 1.82) is 0 Å². The minimum Gasteiger partial charge on any atom is -0.489 e. The summed E-state index contributed by atoms with van der Waals surface area (Å²) >= 11 is 0. The quantitative estimate of drug-likeness (QED) is 0.834. The second-order valence-electron chi connectivity index (χ2n) is 6.00. The summed E-state index contributed by atoms with van der Waals surface area (Å²) in [5.74, 6) is 1.06. The molecule has 0 spiro atoms. The summed E-state index contributed by atoms with van der Waals surface area (Å²) in [5, 5.41) is 0. The van der Waals surface area contributed by atoms with Crippen molar-refractivity contribution in [2.75, 3.05) is 20.6 Å². The summed E-state index contributed by atoms with van der Waals surface area (Å²) in [4.78, 5) is 2.23. The lowest BCUT2D eigenvalue weighted by atomic mass is 9.90. The first-order chi connectivity index (χ1) is 10.2. The van der Waals surface area contributed by atoms with E-state index in [1.165, 1.54) is 22.3 Å². The van der Waals surface area contributed by atoms with E-state index in [1.807, 2.05) is 0 Å². The highest BCUT2D eigenvalue weighted by Crippen LogP contribution is 2.33. The van der Waals surface area contributed by atoms with Gasteiger partial charge in [0.15, 0.2) is 0 Å². The van der Waals surface area contributed by atoms with E-state index < -0.39 is 0 Å². The van der Waals surface area contributed by atoms with E-state index in [2.05, 4.69) is 61.5 Å². The molecule has 1 aliphatic heterocycles. The summed E-state index contributed by atoms with van der Waals surface area (Å²) in [5.41, 5.74) is 5.52. The summed E-state index contributed by atoms with van der Waals surface area (Å²) in [6.45, 7) is 1.78. The Morgan fingerprint density at radius 2 is 2.00 bits per heavy atom. The van der Waals surface area contributed by atoms with Crippen molar-refractivity contribution in [2.24, 2.45) is 0 Å². The maximum Gasteiger partial charge on any atom is 0.123 e. The van der Waals surface area contributed by atoms with E-state index in [-0.39, 0.29) is 0 Å². The van der Waals surface area contributed by atoms with Crippen LogP contribution >= 0.6 is 0 Å². The second kappa shape index (κ2) is 6.31. The van der Waals surface area contributed by atoms with E-state index in [0.717, 1.165) is 31.6 Å². The number of allylic oxidation sites excluding steroid dienone is 4. The van der Waals surface area contributed by atoms with Crippen LogP contribution in [0.5, 0.6) is 0 Å². The summed E-state index contributed by atoms with van der Waals surface area (Å²) in [7, 11) is 4.24. The van der Waals surface area contributed by atoms with Crippen molar-refractivity contribution >= 4 is 0 Å². The van der Waals surface area contributed by atoms with Gasteiger partial charge in [-0.2, -0.15) is 0 Å². The number of fused-ring (bicyclic) bond motifs is 1. The molecule has 0 amide bonds. The van der Waals surface area contributed by atoms with E-state index >= 15 is 0 Å². The Kier molecular flexibility index (Phi) is 4.26. The Bertz CT molecular complexity index is 608. The van der Waals surface area contributed by atoms with Gasteiger partial charge < -0.3 is 9.64 Å². The molecule has 1 heterocycles. The molecule has 1 aromatic carbocycles. The number of hydrogen-bond donors (Lipinski definition) is 0. The Morgan fingerprint density at radius 1 is 1.19 bits per heavy atom. The monoisotopic (exact) mass is 281 g/mol. The maximum absolute atomic E-state index is 6.03. The molecular weight excluding hydrogens is 258 g/mol. The first-order valence-corrected chi connectivity index (χ1v) is 7.67. The molecule has 2 heteroatoms. The molecule has 0 N–H and O–H groups in total. The number of hydrogen-bond acceptors (Lipinski definition) is 2. The number of ether oxygens (including phenoxy) is 1. The predicted molar refractivity (Wildman–Crippen MR) is 87.0 cm³/mol. The first kappa shape index (κ1) is 14.2. The average molecular weight is 281 g/mol. The molecule has 2 nitrogen and oxygen atoms in total. The highest BCUT2D eigenvalue weighted by molar-refractivity contribution is 5.47. The van der Waals surface area contributed by atoms with Crippen LogP contribution in [0.4, 0.5) is 0 Å². The number of benzene rings is 1. The molecule has 1 aliphatic carbocycles. The van der Waals surface area contributed by atoms with E-state index in [1.54, 1.807) is 0 Å². The Labute approximate surface area is 127 Å². The zero-order chi connectivity index (χ0) is 14.7. The van der Waals surface area contributed by atoms with Crippen molar-refractivity contribution in [3.8, 4) is 0 Å². The largest absolute Gasteiger partial charge is 0.489 e. The van der Waals surface area contributed by atoms with Gasteiger partial charge in [-0.25, -0.2) is 0 Å². The number of rotatable bonds is 3. The van der Waals surface area contributed by atoms with Crippen LogP contribution in [0.25, 0.3) is 0 Å². The van der Waals surface area contributed by atoms with E-state index in [4.69, 9.17) is 4.74 Å². The molecule has 0 radical (unpaired) electrons. The van der Waals surface area contributed by atoms with Gasteiger partial charge in [0, 0.05) is 18.5 Å². The molecule has 0 unspecified atom stereocenters. The molecule has 0 saturated heterocycles. The van der Waals surface area contributed by atoms with Gasteiger partial charge in [0.2, 0.25) is 0 Å². The SMILES string of the molecule is CN(C)CCC=C1CC=CC2=C1Cc1ccccc1CO2. The smallest absolute Gasteiger partial charge is 0.123 e. The van der Waals surface area contributed by atoms with Gasteiger partial charge in [0.25, 0.3) is 0 Å². The Morgan fingerprint density at radius 3 is 2.81 bits per heavy atom. The molecule has 1 aromatic rings. The fourth-order valence-electron chi connectivity index (χ4n) is 2.93. The van der Waals surface area contributed by atoms with Crippen LogP contribution in [0.1, 0.15) is 24.0 Å². The Balaban J connectivity index is 1.86. The summed E-state index contributed by atoms with van der Waals surface area (Å²) in [6.07, 6.45) is 9.85. The van der Waals surface area contributed by atoms with Gasteiger partial charge in [0.1, 0.15) is 12.4 Å². The average Bonchev–Trinajstić information content (AvgIpc) is 2.67. The second-order valence-corrected chi connectivity index (χ2v) is 6.00. The molecule has 0 bridgehead atoms. The first-order valence-electron chi connectivity index (χ1n) is 7.67. The van der Waals surface area contributed by atoms with Crippen molar-refractivity contribution in [1.82, 2.24) is 4.90 Å². The van der Waals surface area contributed by atoms with Gasteiger partial charge in [0.05, 0.1) is 0 Å². The van der Waals surface area contributed by atoms with Crippen molar-refractivity contribution < 1.29 is 4.74 Å². The highest BCUT2D eigenvalue weighted by atomic mass is 16.5. The lowest BCUT2D eigenvalue weighted by Gasteiger charge is -2.17. The third kappa shape index (κ3) is 3.27. The summed E-state index contributed by atoms with van der Waals surface area (Å²) < 4.78 is 6.03. The standard InChI is InChI=1S/C19H23NO/c1-20(2)12-6-10-15-9-5-11-19-18(15)13-16-7-3-4-8-17(16)14-21-19/h3-5,7-8,10-11H,6,9,12-14H2,1-2H3. The number of nitrogens with zero attached hydrogens (tertiary/aromatic N) is 1. The lowest BCUT2D eigenvalue weighted by molar-refractivity contribution is 0.210. The van der Waals surface area contributed by atoms with Crippen LogP contribution < -0.4 is 0 Å². The predicted octanol–water partition coefficient (Wildman–Crippen LogP) is 3.85. The maximum atomic E-state index is 6.03. The molecule has 110 valence electrons. The normalized spacial score (nSPS) is 19.3. The van der Waals surface area contributed by atoms with Gasteiger partial charge in [-0.05, 0) is 49.7 Å². The lowest BCUT2D eigenvalue weighted by Crippen LogP contribution is -2.12. The molecule has 0 atom stereocenters. The fraction of sp³-hybridized carbons (Fsp3) is 0.368. The molecule has 0 saturated carbocycles. The Hall–Kier alpha value is -1.80. The zero-order valence-electron chi connectivity index (χ0n) is 12.9. The minimum atomic E-state index is 0.685. The molecule has 0 fully saturated rings. The van der Waals surface area contributed by atoms with Crippen molar-refractivity contribution in [3.63, 3.8) is 0 Å². The van der Waals surface area contributed by atoms with Crippen LogP contribution in [0.3, 0.4) is 0 Å². The third-order valence-electron chi connectivity index (χ3n) is 4.13.